The van der Waals surface area contributed by atoms with Gasteiger partial charge in [-0.05, 0) is 42.8 Å². The Morgan fingerprint density at radius 2 is 1.88 bits per heavy atom. The second-order valence-electron chi connectivity index (χ2n) is 6.15. The summed E-state index contributed by atoms with van der Waals surface area (Å²) in [6.45, 7) is 2.27. The van der Waals surface area contributed by atoms with Gasteiger partial charge in [-0.15, -0.1) is 0 Å². The molecule has 136 valence electrons. The maximum atomic E-state index is 12.3. The lowest BCUT2D eigenvalue weighted by Crippen LogP contribution is -2.24. The molecule has 0 saturated carbocycles. The highest BCUT2D eigenvalue weighted by molar-refractivity contribution is 7.89. The van der Waals surface area contributed by atoms with E-state index in [0.717, 1.165) is 21.2 Å². The zero-order valence-electron chi connectivity index (χ0n) is 14.8. The lowest BCUT2D eigenvalue weighted by molar-refractivity contribution is 0.0950. The highest BCUT2D eigenvalue weighted by Crippen LogP contribution is 2.14. The van der Waals surface area contributed by atoms with Crippen LogP contribution < -0.4 is 5.32 Å². The Labute approximate surface area is 152 Å². The smallest absolute Gasteiger partial charge is 0.251 e. The van der Waals surface area contributed by atoms with Gasteiger partial charge in [0.1, 0.15) is 5.65 Å². The largest absolute Gasteiger partial charge is 0.346 e. The minimum Gasteiger partial charge on any atom is -0.346 e. The second kappa shape index (κ2) is 6.89. The van der Waals surface area contributed by atoms with Crippen LogP contribution in [0.2, 0.25) is 0 Å². The molecule has 1 N–H and O–H groups in total. The number of nitrogens with one attached hydrogen (secondary N) is 1. The Morgan fingerprint density at radius 1 is 1.19 bits per heavy atom. The molecule has 0 aliphatic rings. The van der Waals surface area contributed by atoms with Crippen molar-refractivity contribution in [1.29, 1.82) is 0 Å². The zero-order valence-corrected chi connectivity index (χ0v) is 15.6. The summed E-state index contributed by atoms with van der Waals surface area (Å²) >= 11 is 0. The van der Waals surface area contributed by atoms with Crippen LogP contribution in [-0.4, -0.2) is 42.1 Å². The molecule has 26 heavy (non-hydrogen) atoms. The number of carbonyl (C=O) groups is 1. The normalized spacial score (nSPS) is 11.8. The molecule has 2 heterocycles. The van der Waals surface area contributed by atoms with E-state index in [-0.39, 0.29) is 17.3 Å². The molecule has 3 rings (SSSR count). The molecular weight excluding hydrogens is 352 g/mol. The summed E-state index contributed by atoms with van der Waals surface area (Å²) in [6, 6.07) is 9.78. The van der Waals surface area contributed by atoms with Crippen molar-refractivity contribution in [2.75, 3.05) is 14.1 Å². The Morgan fingerprint density at radius 3 is 2.50 bits per heavy atom. The number of hydrogen-bond acceptors (Lipinski definition) is 4. The number of imidazole rings is 1. The molecule has 0 saturated heterocycles. The first-order valence-electron chi connectivity index (χ1n) is 8.03. The van der Waals surface area contributed by atoms with Gasteiger partial charge in [0, 0.05) is 32.1 Å². The third-order valence-corrected chi connectivity index (χ3v) is 5.88. The molecule has 0 aliphatic heterocycles. The molecule has 0 fully saturated rings. The van der Waals surface area contributed by atoms with Crippen LogP contribution in [0.5, 0.6) is 0 Å². The monoisotopic (exact) mass is 372 g/mol. The first-order chi connectivity index (χ1) is 12.3. The quantitative estimate of drug-likeness (QED) is 0.740. The molecule has 7 nitrogen and oxygen atoms in total. The van der Waals surface area contributed by atoms with Gasteiger partial charge in [0.25, 0.3) is 5.91 Å². The first-order valence-corrected chi connectivity index (χ1v) is 9.47. The van der Waals surface area contributed by atoms with Gasteiger partial charge in [-0.1, -0.05) is 6.07 Å². The molecule has 0 radical (unpaired) electrons. The molecule has 8 heteroatoms. The third kappa shape index (κ3) is 3.47. The molecule has 2 aromatic heterocycles. The Kier molecular flexibility index (Phi) is 4.80. The summed E-state index contributed by atoms with van der Waals surface area (Å²) in [7, 11) is -0.575. The lowest BCUT2D eigenvalue weighted by atomic mass is 10.2. The summed E-state index contributed by atoms with van der Waals surface area (Å²) in [6.07, 6.45) is 3.78. The number of pyridine rings is 1. The van der Waals surface area contributed by atoms with Crippen LogP contribution in [0, 0.1) is 6.92 Å². The lowest BCUT2D eigenvalue weighted by Gasteiger charge is -2.11. The fraction of sp³-hybridized carbons (Fsp3) is 0.222. The molecule has 1 aromatic carbocycles. The van der Waals surface area contributed by atoms with E-state index in [4.69, 9.17) is 0 Å². The number of fused-ring (bicyclic) bond motifs is 1. The van der Waals surface area contributed by atoms with E-state index in [1.807, 2.05) is 35.9 Å². The summed E-state index contributed by atoms with van der Waals surface area (Å²) in [4.78, 5) is 16.9. The van der Waals surface area contributed by atoms with Crippen LogP contribution in [0.3, 0.4) is 0 Å². The molecule has 0 atom stereocenters. The van der Waals surface area contributed by atoms with E-state index < -0.39 is 10.0 Å². The Bertz CT molecular complexity index is 1050. The molecular formula is C18H20N4O3S. The van der Waals surface area contributed by atoms with E-state index >= 15 is 0 Å². The highest BCUT2D eigenvalue weighted by Gasteiger charge is 2.17. The molecule has 0 unspecified atom stereocenters. The van der Waals surface area contributed by atoms with Crippen LogP contribution in [-0.2, 0) is 16.6 Å². The zero-order chi connectivity index (χ0) is 18.9. The molecule has 3 aromatic rings. The van der Waals surface area contributed by atoms with Gasteiger partial charge in [0.2, 0.25) is 10.0 Å². The minimum absolute atomic E-state index is 0.148. The number of amides is 1. The number of carbonyl (C=O) groups excluding carboxylic acids is 1. The van der Waals surface area contributed by atoms with Gasteiger partial charge >= 0.3 is 0 Å². The summed E-state index contributed by atoms with van der Waals surface area (Å²) in [5.74, 6) is -0.285. The van der Waals surface area contributed by atoms with E-state index in [2.05, 4.69) is 10.3 Å². The van der Waals surface area contributed by atoms with Crippen molar-refractivity contribution in [3.8, 4) is 0 Å². The van der Waals surface area contributed by atoms with Crippen LogP contribution in [0.15, 0.2) is 53.7 Å². The van der Waals surface area contributed by atoms with Crippen LogP contribution in [0.1, 0.15) is 21.6 Å². The van der Waals surface area contributed by atoms with Crippen LogP contribution in [0.4, 0.5) is 0 Å². The van der Waals surface area contributed by atoms with Crippen LogP contribution >= 0.6 is 0 Å². The van der Waals surface area contributed by atoms with Crippen molar-refractivity contribution >= 4 is 21.6 Å². The molecule has 1 amide bonds. The van der Waals surface area contributed by atoms with E-state index in [1.54, 1.807) is 0 Å². The topological polar surface area (TPSA) is 83.8 Å². The number of benzene rings is 1. The predicted molar refractivity (Wildman–Crippen MR) is 98.4 cm³/mol. The van der Waals surface area contributed by atoms with Crippen molar-refractivity contribution in [2.24, 2.45) is 0 Å². The fourth-order valence-corrected chi connectivity index (χ4v) is 3.45. The summed E-state index contributed by atoms with van der Waals surface area (Å²) in [5.41, 5.74) is 3.06. The second-order valence-corrected chi connectivity index (χ2v) is 8.30. The minimum atomic E-state index is -3.50. The molecule has 0 spiro atoms. The van der Waals surface area contributed by atoms with E-state index in [0.29, 0.717) is 5.56 Å². The van der Waals surface area contributed by atoms with Gasteiger partial charge in [-0.3, -0.25) is 4.79 Å². The molecule has 0 aliphatic carbocycles. The van der Waals surface area contributed by atoms with E-state index in [1.165, 1.54) is 38.4 Å². The van der Waals surface area contributed by atoms with Gasteiger partial charge in [0.15, 0.2) is 0 Å². The number of sulfonamides is 1. The number of aryl methyl sites for hydroxylation is 1. The van der Waals surface area contributed by atoms with Crippen molar-refractivity contribution in [3.05, 3.63) is 65.6 Å². The average Bonchev–Trinajstić information content (AvgIpc) is 3.04. The first kappa shape index (κ1) is 18.1. The van der Waals surface area contributed by atoms with Gasteiger partial charge in [-0.2, -0.15) is 0 Å². The third-order valence-electron chi connectivity index (χ3n) is 4.05. The highest BCUT2D eigenvalue weighted by atomic mass is 32.2. The van der Waals surface area contributed by atoms with Gasteiger partial charge in [0.05, 0.1) is 17.1 Å². The van der Waals surface area contributed by atoms with Crippen molar-refractivity contribution < 1.29 is 13.2 Å². The Hall–Kier alpha value is -2.71. The van der Waals surface area contributed by atoms with Gasteiger partial charge < -0.3 is 9.72 Å². The maximum Gasteiger partial charge on any atom is 0.251 e. The van der Waals surface area contributed by atoms with Crippen molar-refractivity contribution in [3.63, 3.8) is 0 Å². The standard InChI is InChI=1S/C18H20N4O3S/c1-13-5-4-10-22-12-15(20-17(13)22)11-19-18(23)14-6-8-16(9-7-14)26(24,25)21(2)3/h4-10,12H,11H2,1-3H3,(H,19,23). The maximum absolute atomic E-state index is 12.3. The summed E-state index contributed by atoms with van der Waals surface area (Å²) in [5, 5.41) is 2.80. The Balaban J connectivity index is 1.71. The fourth-order valence-electron chi connectivity index (χ4n) is 2.55. The summed E-state index contributed by atoms with van der Waals surface area (Å²) < 4.78 is 27.1. The number of rotatable bonds is 5. The average molecular weight is 372 g/mol. The van der Waals surface area contributed by atoms with Gasteiger partial charge in [-0.25, -0.2) is 17.7 Å². The number of aromatic nitrogens is 2. The number of hydrogen-bond donors (Lipinski definition) is 1. The molecule has 0 bridgehead atoms. The van der Waals surface area contributed by atoms with Crippen LogP contribution in [0.25, 0.3) is 5.65 Å². The van der Waals surface area contributed by atoms with Crippen molar-refractivity contribution in [2.45, 2.75) is 18.4 Å². The van der Waals surface area contributed by atoms with E-state index in [9.17, 15) is 13.2 Å². The number of nitrogens with zero attached hydrogens (tertiary/aromatic N) is 3. The van der Waals surface area contributed by atoms with Crippen molar-refractivity contribution in [1.82, 2.24) is 19.0 Å². The predicted octanol–water partition coefficient (Wildman–Crippen LogP) is 1.82. The SMILES string of the molecule is Cc1cccn2cc(CNC(=O)c3ccc(S(=O)(=O)N(C)C)cc3)nc12.